The predicted molar refractivity (Wildman–Crippen MR) is 85.0 cm³/mol. The molecule has 0 radical (unpaired) electrons. The Morgan fingerprint density at radius 3 is 2.75 bits per heavy atom. The van der Waals surface area contributed by atoms with Crippen LogP contribution in [0.5, 0.6) is 0 Å². The molecule has 0 bridgehead atoms. The maximum Gasteiger partial charge on any atom is 0.331 e. The highest BCUT2D eigenvalue weighted by atomic mass is 127. The van der Waals surface area contributed by atoms with Crippen LogP contribution in [0.2, 0.25) is 0 Å². The van der Waals surface area contributed by atoms with Crippen LogP contribution in [0.25, 0.3) is 0 Å². The van der Waals surface area contributed by atoms with Gasteiger partial charge in [0.15, 0.2) is 0 Å². The molecule has 7 heteroatoms. The molecule has 0 aliphatic rings. The van der Waals surface area contributed by atoms with Crippen molar-refractivity contribution in [1.82, 2.24) is 18.9 Å². The average Bonchev–Trinajstić information content (AvgIpc) is 2.89. The highest BCUT2D eigenvalue weighted by Crippen LogP contribution is 2.09. The molecule has 2 heterocycles. The molecule has 0 spiro atoms. The van der Waals surface area contributed by atoms with Gasteiger partial charge in [0.05, 0.1) is 15.8 Å². The van der Waals surface area contributed by atoms with Crippen LogP contribution in [-0.2, 0) is 13.6 Å². The molecule has 0 aliphatic carbocycles. The lowest BCUT2D eigenvalue weighted by Crippen LogP contribution is -2.40. The number of hydrogen-bond donors (Lipinski definition) is 0. The Kier molecular flexibility index (Phi) is 4.46. The summed E-state index contributed by atoms with van der Waals surface area (Å²) >= 11 is 1.94. The Balaban J connectivity index is 2.38. The number of aromatic nitrogens is 4. The van der Waals surface area contributed by atoms with E-state index < -0.39 is 0 Å². The summed E-state index contributed by atoms with van der Waals surface area (Å²) in [6, 6.07) is 2.15. The highest BCUT2D eigenvalue weighted by molar-refractivity contribution is 14.1. The van der Waals surface area contributed by atoms with Crippen molar-refractivity contribution < 1.29 is 0 Å². The van der Waals surface area contributed by atoms with Gasteiger partial charge in [0.25, 0.3) is 5.56 Å². The summed E-state index contributed by atoms with van der Waals surface area (Å²) in [5.41, 5.74) is 0.117. The van der Waals surface area contributed by atoms with Crippen molar-refractivity contribution in [2.24, 2.45) is 7.05 Å². The Morgan fingerprint density at radius 1 is 1.40 bits per heavy atom. The van der Waals surface area contributed by atoms with Gasteiger partial charge in [0.2, 0.25) is 0 Å². The molecule has 20 heavy (non-hydrogen) atoms. The summed E-state index contributed by atoms with van der Waals surface area (Å²) in [5.74, 6) is 0. The average molecular weight is 388 g/mol. The standard InChI is InChI=1S/C13H17IN4O2/c1-4-9(2)18-6-5-10(15-18)7-17-12(19)11(14)8-16(3)13(17)20/h5-6,8-9H,4,7H2,1-3H3. The first kappa shape index (κ1) is 15.0. The number of aryl methyl sites for hydroxylation is 1. The topological polar surface area (TPSA) is 61.8 Å². The van der Waals surface area contributed by atoms with Gasteiger partial charge in [-0.25, -0.2) is 4.79 Å². The fourth-order valence-corrected chi connectivity index (χ4v) is 2.59. The molecular formula is C13H17IN4O2. The first-order valence-electron chi connectivity index (χ1n) is 6.44. The van der Waals surface area contributed by atoms with E-state index in [-0.39, 0.29) is 17.8 Å². The van der Waals surface area contributed by atoms with E-state index in [0.717, 1.165) is 6.42 Å². The van der Waals surface area contributed by atoms with Gasteiger partial charge in [-0.2, -0.15) is 5.10 Å². The van der Waals surface area contributed by atoms with E-state index in [0.29, 0.717) is 15.3 Å². The maximum absolute atomic E-state index is 12.1. The molecule has 0 N–H and O–H groups in total. The smallest absolute Gasteiger partial charge is 0.302 e. The van der Waals surface area contributed by atoms with Crippen LogP contribution < -0.4 is 11.2 Å². The lowest BCUT2D eigenvalue weighted by molar-refractivity contribution is 0.470. The first-order valence-corrected chi connectivity index (χ1v) is 7.52. The molecule has 6 nitrogen and oxygen atoms in total. The molecule has 2 aromatic rings. The molecule has 1 atom stereocenters. The quantitative estimate of drug-likeness (QED) is 0.744. The molecule has 0 fully saturated rings. The minimum atomic E-state index is -0.325. The summed E-state index contributed by atoms with van der Waals surface area (Å²) < 4.78 is 5.00. The summed E-state index contributed by atoms with van der Waals surface area (Å²) in [5, 5.41) is 4.42. The summed E-state index contributed by atoms with van der Waals surface area (Å²) in [4.78, 5) is 24.1. The summed E-state index contributed by atoms with van der Waals surface area (Å²) in [7, 11) is 1.64. The largest absolute Gasteiger partial charge is 0.331 e. The highest BCUT2D eigenvalue weighted by Gasteiger charge is 2.11. The molecule has 0 amide bonds. The molecule has 2 aromatic heterocycles. The van der Waals surface area contributed by atoms with Crippen molar-refractivity contribution in [2.75, 3.05) is 0 Å². The predicted octanol–water partition coefficient (Wildman–Crippen LogP) is 1.37. The molecule has 0 saturated heterocycles. The van der Waals surface area contributed by atoms with Crippen molar-refractivity contribution in [3.8, 4) is 0 Å². The lowest BCUT2D eigenvalue weighted by atomic mass is 10.3. The van der Waals surface area contributed by atoms with Crippen molar-refractivity contribution >= 4 is 22.6 Å². The monoisotopic (exact) mass is 388 g/mol. The second kappa shape index (κ2) is 5.94. The Morgan fingerprint density at radius 2 is 2.10 bits per heavy atom. The minimum Gasteiger partial charge on any atom is -0.302 e. The van der Waals surface area contributed by atoms with E-state index in [4.69, 9.17) is 0 Å². The van der Waals surface area contributed by atoms with Crippen molar-refractivity contribution in [3.63, 3.8) is 0 Å². The first-order chi connectivity index (χ1) is 9.43. The Hall–Kier alpha value is -1.38. The molecule has 0 aliphatic heterocycles. The zero-order valence-corrected chi connectivity index (χ0v) is 13.9. The Labute approximate surface area is 130 Å². The third-order valence-corrected chi connectivity index (χ3v) is 4.06. The van der Waals surface area contributed by atoms with Gasteiger partial charge in [0, 0.05) is 25.5 Å². The zero-order chi connectivity index (χ0) is 14.9. The molecule has 0 aromatic carbocycles. The second-order valence-electron chi connectivity index (χ2n) is 4.81. The fraction of sp³-hybridized carbons (Fsp3) is 0.462. The van der Waals surface area contributed by atoms with Crippen LogP contribution in [0, 0.1) is 3.57 Å². The summed E-state index contributed by atoms with van der Waals surface area (Å²) in [6.07, 6.45) is 4.40. The van der Waals surface area contributed by atoms with Crippen LogP contribution in [0.3, 0.4) is 0 Å². The van der Waals surface area contributed by atoms with Gasteiger partial charge in [-0.3, -0.25) is 14.0 Å². The molecule has 108 valence electrons. The number of nitrogens with zero attached hydrogens (tertiary/aromatic N) is 4. The van der Waals surface area contributed by atoms with E-state index in [1.54, 1.807) is 13.2 Å². The van der Waals surface area contributed by atoms with Gasteiger partial charge in [0.1, 0.15) is 0 Å². The van der Waals surface area contributed by atoms with Gasteiger partial charge >= 0.3 is 5.69 Å². The van der Waals surface area contributed by atoms with Crippen LogP contribution >= 0.6 is 22.6 Å². The van der Waals surface area contributed by atoms with Crippen LogP contribution in [-0.4, -0.2) is 18.9 Å². The number of halogens is 1. The van der Waals surface area contributed by atoms with E-state index in [1.165, 1.54) is 9.13 Å². The number of hydrogen-bond acceptors (Lipinski definition) is 3. The van der Waals surface area contributed by atoms with E-state index in [2.05, 4.69) is 18.9 Å². The molecule has 0 saturated carbocycles. The molecule has 1 unspecified atom stereocenters. The van der Waals surface area contributed by atoms with Crippen LogP contribution in [0.15, 0.2) is 28.0 Å². The van der Waals surface area contributed by atoms with Gasteiger partial charge in [-0.15, -0.1) is 0 Å². The SMILES string of the molecule is CCC(C)n1ccc(Cn2c(=O)c(I)cn(C)c2=O)n1. The van der Waals surface area contributed by atoms with Gasteiger partial charge < -0.3 is 4.57 Å². The van der Waals surface area contributed by atoms with Crippen molar-refractivity contribution in [1.29, 1.82) is 0 Å². The van der Waals surface area contributed by atoms with Crippen molar-refractivity contribution in [2.45, 2.75) is 32.9 Å². The van der Waals surface area contributed by atoms with Gasteiger partial charge in [-0.05, 0) is 42.0 Å². The van der Waals surface area contributed by atoms with Gasteiger partial charge in [-0.1, -0.05) is 6.92 Å². The third kappa shape index (κ3) is 2.87. The lowest BCUT2D eigenvalue weighted by Gasteiger charge is -2.09. The van der Waals surface area contributed by atoms with E-state index in [1.807, 2.05) is 39.5 Å². The molecular weight excluding hydrogens is 371 g/mol. The minimum absolute atomic E-state index is 0.200. The maximum atomic E-state index is 12.1. The van der Waals surface area contributed by atoms with E-state index >= 15 is 0 Å². The van der Waals surface area contributed by atoms with Crippen LogP contribution in [0.4, 0.5) is 0 Å². The normalized spacial score (nSPS) is 12.6. The van der Waals surface area contributed by atoms with E-state index in [9.17, 15) is 9.59 Å². The second-order valence-corrected chi connectivity index (χ2v) is 5.97. The fourth-order valence-electron chi connectivity index (χ4n) is 1.88. The summed E-state index contributed by atoms with van der Waals surface area (Å²) in [6.45, 7) is 4.37. The molecule has 2 rings (SSSR count). The third-order valence-electron chi connectivity index (χ3n) is 3.32. The number of rotatable bonds is 4. The van der Waals surface area contributed by atoms with Crippen LogP contribution in [0.1, 0.15) is 32.0 Å². The van der Waals surface area contributed by atoms with Crippen molar-refractivity contribution in [3.05, 3.63) is 48.6 Å². The Bertz CT molecular complexity index is 694. The zero-order valence-electron chi connectivity index (χ0n) is 11.7.